The number of hydrogen-bond donors (Lipinski definition) is 1. The smallest absolute Gasteiger partial charge is 0.339 e. The van der Waals surface area contributed by atoms with E-state index < -0.39 is 5.97 Å². The zero-order valence-corrected chi connectivity index (χ0v) is 13.0. The van der Waals surface area contributed by atoms with Crippen LogP contribution in [0.15, 0.2) is 18.2 Å². The first kappa shape index (κ1) is 16.5. The first-order valence-electron chi connectivity index (χ1n) is 7.49. The summed E-state index contributed by atoms with van der Waals surface area (Å²) in [5, 5.41) is 9.24. The monoisotopic (exact) mass is 278 g/mol. The van der Waals surface area contributed by atoms with Gasteiger partial charge in [0.1, 0.15) is 11.3 Å². The molecule has 0 fully saturated rings. The third kappa shape index (κ3) is 4.55. The lowest BCUT2D eigenvalue weighted by molar-refractivity contribution is 0.0692. The molecule has 3 nitrogen and oxygen atoms in total. The maximum atomic E-state index is 11.3. The number of hydrogen-bond acceptors (Lipinski definition) is 2. The average Bonchev–Trinajstić information content (AvgIpc) is 2.39. The molecule has 0 amide bonds. The Hall–Kier alpha value is -1.51. The molecule has 0 unspecified atom stereocenters. The molecule has 0 bridgehead atoms. The summed E-state index contributed by atoms with van der Waals surface area (Å²) in [5.41, 5.74) is 1.42. The molecule has 0 saturated carbocycles. The van der Waals surface area contributed by atoms with Crippen LogP contribution in [-0.4, -0.2) is 17.7 Å². The van der Waals surface area contributed by atoms with E-state index in [2.05, 4.69) is 27.7 Å². The summed E-state index contributed by atoms with van der Waals surface area (Å²) in [6.07, 6.45) is 3.02. The molecule has 0 radical (unpaired) electrons. The topological polar surface area (TPSA) is 46.5 Å². The largest absolute Gasteiger partial charge is 0.493 e. The number of ether oxygens (including phenoxy) is 1. The summed E-state index contributed by atoms with van der Waals surface area (Å²) in [6.45, 7) is 9.12. The molecule has 0 aliphatic heterocycles. The van der Waals surface area contributed by atoms with E-state index in [0.717, 1.165) is 19.3 Å². The van der Waals surface area contributed by atoms with Crippen molar-refractivity contribution in [2.75, 3.05) is 6.61 Å². The summed E-state index contributed by atoms with van der Waals surface area (Å²) >= 11 is 0. The van der Waals surface area contributed by atoms with E-state index >= 15 is 0 Å². The Morgan fingerprint density at radius 2 is 1.90 bits per heavy atom. The van der Waals surface area contributed by atoms with E-state index in [-0.39, 0.29) is 5.56 Å². The van der Waals surface area contributed by atoms with Crippen molar-refractivity contribution in [1.82, 2.24) is 0 Å². The zero-order valence-electron chi connectivity index (χ0n) is 13.0. The van der Waals surface area contributed by atoms with Crippen molar-refractivity contribution in [3.8, 4) is 5.75 Å². The number of carboxylic acids is 1. The molecule has 0 aliphatic rings. The molecular formula is C17H26O3. The summed E-state index contributed by atoms with van der Waals surface area (Å²) in [6, 6.07) is 5.48. The lowest BCUT2D eigenvalue weighted by Gasteiger charge is -2.16. The van der Waals surface area contributed by atoms with Crippen LogP contribution < -0.4 is 4.74 Å². The van der Waals surface area contributed by atoms with Gasteiger partial charge in [0.05, 0.1) is 6.61 Å². The second kappa shape index (κ2) is 7.93. The van der Waals surface area contributed by atoms with Crippen LogP contribution in [0.3, 0.4) is 0 Å². The predicted molar refractivity (Wildman–Crippen MR) is 81.7 cm³/mol. The lowest BCUT2D eigenvalue weighted by Crippen LogP contribution is -2.07. The fraction of sp³-hybridized carbons (Fsp3) is 0.588. The van der Waals surface area contributed by atoms with E-state index in [1.807, 2.05) is 12.1 Å². The van der Waals surface area contributed by atoms with Gasteiger partial charge in [-0.15, -0.1) is 0 Å². The highest BCUT2D eigenvalue weighted by molar-refractivity contribution is 5.91. The number of benzene rings is 1. The summed E-state index contributed by atoms with van der Waals surface area (Å²) < 4.78 is 5.71. The SMILES string of the molecule is CCC(CC)c1ccc(C(=O)O)c(OCCC(C)C)c1. The van der Waals surface area contributed by atoms with Crippen molar-refractivity contribution in [2.24, 2.45) is 5.92 Å². The van der Waals surface area contributed by atoms with Crippen LogP contribution in [-0.2, 0) is 0 Å². The molecule has 0 aliphatic carbocycles. The third-order valence-electron chi connectivity index (χ3n) is 3.65. The van der Waals surface area contributed by atoms with Crippen molar-refractivity contribution in [3.05, 3.63) is 29.3 Å². The van der Waals surface area contributed by atoms with Crippen LogP contribution in [0.5, 0.6) is 5.75 Å². The Balaban J connectivity index is 2.96. The van der Waals surface area contributed by atoms with E-state index in [9.17, 15) is 9.90 Å². The van der Waals surface area contributed by atoms with Gasteiger partial charge in [-0.1, -0.05) is 33.8 Å². The van der Waals surface area contributed by atoms with Crippen molar-refractivity contribution in [1.29, 1.82) is 0 Å². The highest BCUT2D eigenvalue weighted by Gasteiger charge is 2.15. The maximum absolute atomic E-state index is 11.3. The summed E-state index contributed by atoms with van der Waals surface area (Å²) in [7, 11) is 0. The molecule has 0 aromatic heterocycles. The van der Waals surface area contributed by atoms with E-state index in [1.54, 1.807) is 6.07 Å². The second-order valence-electron chi connectivity index (χ2n) is 5.61. The van der Waals surface area contributed by atoms with Gasteiger partial charge in [-0.25, -0.2) is 4.79 Å². The van der Waals surface area contributed by atoms with Gasteiger partial charge in [-0.3, -0.25) is 0 Å². The van der Waals surface area contributed by atoms with Crippen molar-refractivity contribution >= 4 is 5.97 Å². The fourth-order valence-electron chi connectivity index (χ4n) is 2.25. The Morgan fingerprint density at radius 3 is 2.40 bits per heavy atom. The third-order valence-corrected chi connectivity index (χ3v) is 3.65. The molecule has 0 heterocycles. The maximum Gasteiger partial charge on any atom is 0.339 e. The highest BCUT2D eigenvalue weighted by Crippen LogP contribution is 2.29. The molecule has 0 atom stereocenters. The van der Waals surface area contributed by atoms with Crippen LogP contribution in [0.1, 0.15) is 68.8 Å². The van der Waals surface area contributed by atoms with Crippen molar-refractivity contribution < 1.29 is 14.6 Å². The van der Waals surface area contributed by atoms with Crippen molar-refractivity contribution in [2.45, 2.75) is 52.9 Å². The number of rotatable bonds is 8. The molecule has 0 spiro atoms. The second-order valence-corrected chi connectivity index (χ2v) is 5.61. The molecule has 1 N–H and O–H groups in total. The van der Waals surface area contributed by atoms with Crippen LogP contribution in [0, 0.1) is 5.92 Å². The quantitative estimate of drug-likeness (QED) is 0.748. The highest BCUT2D eigenvalue weighted by atomic mass is 16.5. The van der Waals surface area contributed by atoms with Gasteiger partial charge in [0, 0.05) is 0 Å². The molecule has 112 valence electrons. The lowest BCUT2D eigenvalue weighted by atomic mass is 9.93. The minimum Gasteiger partial charge on any atom is -0.493 e. The normalized spacial score (nSPS) is 11.1. The Labute approximate surface area is 122 Å². The Bertz CT molecular complexity index is 434. The molecular weight excluding hydrogens is 252 g/mol. The van der Waals surface area contributed by atoms with Gasteiger partial charge >= 0.3 is 5.97 Å². The molecule has 0 saturated heterocycles. The summed E-state index contributed by atoms with van der Waals surface area (Å²) in [5.74, 6) is 0.582. The van der Waals surface area contributed by atoms with E-state index in [4.69, 9.17) is 4.74 Å². The fourth-order valence-corrected chi connectivity index (χ4v) is 2.25. The van der Waals surface area contributed by atoms with Gasteiger partial charge in [-0.05, 0) is 48.8 Å². The Kier molecular flexibility index (Phi) is 6.56. The predicted octanol–water partition coefficient (Wildman–Crippen LogP) is 4.71. The molecule has 1 aromatic carbocycles. The number of carbonyl (C=O) groups is 1. The van der Waals surface area contributed by atoms with Gasteiger partial charge < -0.3 is 9.84 Å². The number of carboxylic acid groups (broad SMARTS) is 1. The minimum atomic E-state index is -0.930. The van der Waals surface area contributed by atoms with Crippen LogP contribution in [0.25, 0.3) is 0 Å². The van der Waals surface area contributed by atoms with Crippen LogP contribution in [0.2, 0.25) is 0 Å². The van der Waals surface area contributed by atoms with Gasteiger partial charge in [0.2, 0.25) is 0 Å². The van der Waals surface area contributed by atoms with E-state index in [0.29, 0.717) is 24.2 Å². The van der Waals surface area contributed by atoms with Gasteiger partial charge in [0.25, 0.3) is 0 Å². The molecule has 1 aromatic rings. The standard InChI is InChI=1S/C17H26O3/c1-5-13(6-2)14-7-8-15(17(18)19)16(11-14)20-10-9-12(3)4/h7-8,11-13H,5-6,9-10H2,1-4H3,(H,18,19). The molecule has 1 rings (SSSR count). The average molecular weight is 278 g/mol. The van der Waals surface area contributed by atoms with E-state index in [1.165, 1.54) is 5.56 Å². The minimum absolute atomic E-state index is 0.253. The molecule has 20 heavy (non-hydrogen) atoms. The summed E-state index contributed by atoms with van der Waals surface area (Å²) in [4.78, 5) is 11.3. The van der Waals surface area contributed by atoms with Crippen molar-refractivity contribution in [3.63, 3.8) is 0 Å². The van der Waals surface area contributed by atoms with Crippen LogP contribution in [0.4, 0.5) is 0 Å². The first-order chi connectivity index (χ1) is 9.49. The first-order valence-corrected chi connectivity index (χ1v) is 7.49. The van der Waals surface area contributed by atoms with Gasteiger partial charge in [0.15, 0.2) is 0 Å². The van der Waals surface area contributed by atoms with Crippen LogP contribution >= 0.6 is 0 Å². The number of aromatic carboxylic acids is 1. The van der Waals surface area contributed by atoms with Gasteiger partial charge in [-0.2, -0.15) is 0 Å². The molecule has 3 heteroatoms. The Morgan fingerprint density at radius 1 is 1.25 bits per heavy atom. The zero-order chi connectivity index (χ0) is 15.1.